The Balaban J connectivity index is 2.14. The fourth-order valence-corrected chi connectivity index (χ4v) is 2.82. The van der Waals surface area contributed by atoms with Gasteiger partial charge in [-0.25, -0.2) is 4.79 Å². The lowest BCUT2D eigenvalue weighted by Crippen LogP contribution is -2.27. The number of nitriles is 1. The van der Waals surface area contributed by atoms with E-state index < -0.39 is 0 Å². The van der Waals surface area contributed by atoms with E-state index in [2.05, 4.69) is 31.8 Å². The molecule has 0 bridgehead atoms. The van der Waals surface area contributed by atoms with Crippen molar-refractivity contribution in [3.63, 3.8) is 0 Å². The topological polar surface area (TPSA) is 63.6 Å². The first-order chi connectivity index (χ1) is 11.3. The van der Waals surface area contributed by atoms with Gasteiger partial charge in [0.2, 0.25) is 0 Å². The van der Waals surface area contributed by atoms with Crippen molar-refractivity contribution in [1.82, 2.24) is 14.1 Å². The highest BCUT2D eigenvalue weighted by atomic mass is 16.1. The van der Waals surface area contributed by atoms with E-state index in [0.717, 1.165) is 22.3 Å². The van der Waals surface area contributed by atoms with Crippen LogP contribution in [0.1, 0.15) is 26.3 Å². The van der Waals surface area contributed by atoms with Gasteiger partial charge in [0.1, 0.15) is 6.07 Å². The zero-order valence-electron chi connectivity index (χ0n) is 14.4. The van der Waals surface area contributed by atoms with E-state index in [1.54, 1.807) is 23.9 Å². The van der Waals surface area contributed by atoms with Gasteiger partial charge in [0.05, 0.1) is 22.3 Å². The molecule has 0 spiro atoms. The van der Waals surface area contributed by atoms with E-state index >= 15 is 0 Å². The van der Waals surface area contributed by atoms with Crippen LogP contribution >= 0.6 is 0 Å². The second-order valence-corrected chi connectivity index (χ2v) is 7.24. The van der Waals surface area contributed by atoms with Gasteiger partial charge >= 0.3 is 5.69 Å². The van der Waals surface area contributed by atoms with Crippen LogP contribution in [0.4, 0.5) is 0 Å². The van der Waals surface area contributed by atoms with E-state index in [-0.39, 0.29) is 11.1 Å². The molecule has 0 radical (unpaired) electrons. The van der Waals surface area contributed by atoms with Crippen LogP contribution < -0.4 is 5.69 Å². The number of pyridine rings is 1. The Morgan fingerprint density at radius 3 is 2.50 bits per heavy atom. The normalized spacial score (nSPS) is 11.6. The number of imidazole rings is 1. The van der Waals surface area contributed by atoms with Crippen LogP contribution in [-0.2, 0) is 13.6 Å². The highest BCUT2D eigenvalue weighted by Gasteiger charge is 2.18. The summed E-state index contributed by atoms with van der Waals surface area (Å²) in [6.07, 6.45) is 1.56. The Kier molecular flexibility index (Phi) is 3.76. The van der Waals surface area contributed by atoms with Crippen LogP contribution in [-0.4, -0.2) is 14.1 Å². The Hall–Kier alpha value is -2.87. The van der Waals surface area contributed by atoms with Crippen LogP contribution in [0.15, 0.2) is 41.3 Å². The number of rotatable bonds is 2. The number of hydrogen-bond donors (Lipinski definition) is 0. The molecule has 2 heterocycles. The van der Waals surface area contributed by atoms with Crippen LogP contribution in [0.2, 0.25) is 0 Å². The van der Waals surface area contributed by atoms with Crippen molar-refractivity contribution in [2.45, 2.75) is 27.3 Å². The first kappa shape index (κ1) is 16.0. The molecule has 3 rings (SSSR count). The number of aryl methyl sites for hydroxylation is 1. The fourth-order valence-electron chi connectivity index (χ4n) is 2.82. The highest BCUT2D eigenvalue weighted by molar-refractivity contribution is 5.82. The molecule has 5 heteroatoms. The number of aromatic nitrogens is 3. The van der Waals surface area contributed by atoms with Gasteiger partial charge in [-0.2, -0.15) is 5.26 Å². The predicted octanol–water partition coefficient (Wildman–Crippen LogP) is 3.32. The van der Waals surface area contributed by atoms with E-state index in [4.69, 9.17) is 5.26 Å². The van der Waals surface area contributed by atoms with Crippen molar-refractivity contribution in [3.8, 4) is 17.3 Å². The van der Waals surface area contributed by atoms with Gasteiger partial charge < -0.3 is 0 Å². The minimum absolute atomic E-state index is 0.00939. The van der Waals surface area contributed by atoms with Crippen molar-refractivity contribution in [2.75, 3.05) is 0 Å². The Labute approximate surface area is 140 Å². The zero-order chi connectivity index (χ0) is 17.5. The molecule has 0 N–H and O–H groups in total. The minimum Gasteiger partial charge on any atom is -0.295 e. The molecule has 0 amide bonds. The Bertz CT molecular complexity index is 995. The second-order valence-electron chi connectivity index (χ2n) is 7.24. The maximum Gasteiger partial charge on any atom is 0.328 e. The van der Waals surface area contributed by atoms with Crippen molar-refractivity contribution < 1.29 is 0 Å². The number of fused-ring (bicyclic) bond motifs is 1. The standard InChI is InChI=1S/C19H20N4O/c1-19(2,3)12-23-16-8-6-14(9-17(16)22(4)18(23)24)15-7-5-13(10-20)11-21-15/h5-9,11H,12H2,1-4H3. The van der Waals surface area contributed by atoms with E-state index in [0.29, 0.717) is 12.1 Å². The molecule has 5 nitrogen and oxygen atoms in total. The largest absolute Gasteiger partial charge is 0.328 e. The number of benzene rings is 1. The van der Waals surface area contributed by atoms with Crippen molar-refractivity contribution in [3.05, 3.63) is 52.6 Å². The van der Waals surface area contributed by atoms with Gasteiger partial charge in [-0.1, -0.05) is 26.8 Å². The summed E-state index contributed by atoms with van der Waals surface area (Å²) >= 11 is 0. The highest BCUT2D eigenvalue weighted by Crippen LogP contribution is 2.24. The van der Waals surface area contributed by atoms with E-state index in [1.165, 1.54) is 0 Å². The van der Waals surface area contributed by atoms with Crippen LogP contribution in [0.25, 0.3) is 22.3 Å². The van der Waals surface area contributed by atoms with Gasteiger partial charge in [0.15, 0.2) is 0 Å². The molecule has 0 aliphatic heterocycles. The molecular weight excluding hydrogens is 300 g/mol. The van der Waals surface area contributed by atoms with Crippen LogP contribution in [0.5, 0.6) is 0 Å². The van der Waals surface area contributed by atoms with Gasteiger partial charge in [-0.3, -0.25) is 14.1 Å². The second kappa shape index (κ2) is 5.64. The summed E-state index contributed by atoms with van der Waals surface area (Å²) in [6, 6.07) is 11.5. The zero-order valence-corrected chi connectivity index (χ0v) is 14.4. The van der Waals surface area contributed by atoms with Gasteiger partial charge in [0, 0.05) is 25.4 Å². The minimum atomic E-state index is -0.00939. The summed E-state index contributed by atoms with van der Waals surface area (Å²) in [5, 5.41) is 8.87. The van der Waals surface area contributed by atoms with Crippen molar-refractivity contribution in [2.24, 2.45) is 12.5 Å². The average Bonchev–Trinajstić information content (AvgIpc) is 2.78. The van der Waals surface area contributed by atoms with Gasteiger partial charge in [-0.05, 0) is 29.7 Å². The third-order valence-electron chi connectivity index (χ3n) is 3.97. The summed E-state index contributed by atoms with van der Waals surface area (Å²) < 4.78 is 3.50. The van der Waals surface area contributed by atoms with Crippen molar-refractivity contribution in [1.29, 1.82) is 5.26 Å². The predicted molar refractivity (Wildman–Crippen MR) is 94.6 cm³/mol. The van der Waals surface area contributed by atoms with Crippen LogP contribution in [0, 0.1) is 16.7 Å². The Morgan fingerprint density at radius 1 is 1.17 bits per heavy atom. The third kappa shape index (κ3) is 2.83. The van der Waals surface area contributed by atoms with E-state index in [9.17, 15) is 4.79 Å². The molecule has 2 aromatic heterocycles. The molecule has 3 aromatic rings. The van der Waals surface area contributed by atoms with E-state index in [1.807, 2.05) is 28.8 Å². The molecule has 122 valence electrons. The van der Waals surface area contributed by atoms with Gasteiger partial charge in [-0.15, -0.1) is 0 Å². The maximum atomic E-state index is 12.6. The SMILES string of the molecule is Cn1c(=O)n(CC(C)(C)C)c2ccc(-c3ccc(C#N)cn3)cc21. The fraction of sp³-hybridized carbons (Fsp3) is 0.316. The number of hydrogen-bond acceptors (Lipinski definition) is 3. The average molecular weight is 320 g/mol. The summed E-state index contributed by atoms with van der Waals surface area (Å²) in [5.74, 6) is 0. The maximum absolute atomic E-state index is 12.6. The van der Waals surface area contributed by atoms with Gasteiger partial charge in [0.25, 0.3) is 0 Å². The number of nitrogens with zero attached hydrogens (tertiary/aromatic N) is 4. The first-order valence-electron chi connectivity index (χ1n) is 7.86. The van der Waals surface area contributed by atoms with Crippen molar-refractivity contribution >= 4 is 11.0 Å². The lowest BCUT2D eigenvalue weighted by Gasteiger charge is -2.18. The lowest BCUT2D eigenvalue weighted by atomic mass is 9.97. The molecule has 0 aliphatic carbocycles. The monoisotopic (exact) mass is 320 g/mol. The lowest BCUT2D eigenvalue weighted by molar-refractivity contribution is 0.342. The molecule has 0 fully saturated rings. The molecule has 0 saturated carbocycles. The third-order valence-corrected chi connectivity index (χ3v) is 3.97. The quantitative estimate of drug-likeness (QED) is 0.727. The summed E-state index contributed by atoms with van der Waals surface area (Å²) in [6.45, 7) is 7.02. The molecule has 24 heavy (non-hydrogen) atoms. The Morgan fingerprint density at radius 2 is 1.92 bits per heavy atom. The summed E-state index contributed by atoms with van der Waals surface area (Å²) in [5.41, 5.74) is 4.06. The summed E-state index contributed by atoms with van der Waals surface area (Å²) in [4.78, 5) is 16.9. The smallest absolute Gasteiger partial charge is 0.295 e. The molecule has 0 unspecified atom stereocenters. The summed E-state index contributed by atoms with van der Waals surface area (Å²) in [7, 11) is 1.79. The molecule has 1 aromatic carbocycles. The molecular formula is C19H20N4O. The molecule has 0 atom stereocenters. The molecule has 0 aliphatic rings. The molecule has 0 saturated heterocycles. The first-order valence-corrected chi connectivity index (χ1v) is 7.86. The van der Waals surface area contributed by atoms with Crippen LogP contribution in [0.3, 0.4) is 0 Å².